The fourth-order valence-electron chi connectivity index (χ4n) is 1.62. The first-order valence-corrected chi connectivity index (χ1v) is 8.59. The van der Waals surface area contributed by atoms with Crippen LogP contribution in [0.1, 0.15) is 23.8 Å². The minimum absolute atomic E-state index is 0.117. The molecule has 0 aliphatic heterocycles. The summed E-state index contributed by atoms with van der Waals surface area (Å²) in [7, 11) is -2.65. The van der Waals surface area contributed by atoms with E-state index in [-0.39, 0.29) is 4.21 Å². The third-order valence-corrected chi connectivity index (χ3v) is 6.28. The van der Waals surface area contributed by atoms with Crippen molar-refractivity contribution in [3.8, 4) is 0 Å². The highest BCUT2D eigenvalue weighted by Crippen LogP contribution is 2.28. The number of halogens is 2. The Labute approximate surface area is 122 Å². The zero-order valence-corrected chi connectivity index (χ0v) is 13.5. The Balaban J connectivity index is 2.88. The number of rotatable bonds is 8. The molecule has 0 radical (unpaired) electrons. The van der Waals surface area contributed by atoms with Gasteiger partial charge in [0, 0.05) is 18.5 Å². The molecule has 8 heteroatoms. The fraction of sp³-hybridized carbons (Fsp3) is 0.667. The Morgan fingerprint density at radius 2 is 2.10 bits per heavy atom. The molecule has 1 aromatic heterocycles. The van der Waals surface area contributed by atoms with E-state index >= 15 is 0 Å². The topological polar surface area (TPSA) is 49.4 Å². The molecule has 116 valence electrons. The Kier molecular flexibility index (Phi) is 6.50. The van der Waals surface area contributed by atoms with Crippen molar-refractivity contribution in [2.24, 2.45) is 0 Å². The van der Waals surface area contributed by atoms with Crippen LogP contribution in [0, 0.1) is 6.92 Å². The summed E-state index contributed by atoms with van der Waals surface area (Å²) in [6.07, 6.45) is -1.69. The molecule has 4 nitrogen and oxygen atoms in total. The molecule has 0 spiro atoms. The van der Waals surface area contributed by atoms with Crippen molar-refractivity contribution < 1.29 is 17.2 Å². The number of nitrogens with zero attached hydrogens (tertiary/aromatic N) is 1. The number of nitrogens with one attached hydrogen (secondary N) is 1. The van der Waals surface area contributed by atoms with Crippen LogP contribution < -0.4 is 5.32 Å². The van der Waals surface area contributed by atoms with Gasteiger partial charge in [0.25, 0.3) is 16.4 Å². The molecule has 1 N–H and O–H groups in total. The van der Waals surface area contributed by atoms with Crippen molar-refractivity contribution in [3.05, 3.63) is 16.5 Å². The molecule has 0 unspecified atom stereocenters. The van der Waals surface area contributed by atoms with Gasteiger partial charge in [-0.05, 0) is 31.5 Å². The van der Waals surface area contributed by atoms with Crippen LogP contribution in [0.4, 0.5) is 8.78 Å². The minimum atomic E-state index is -3.82. The normalized spacial score (nSPS) is 12.6. The molecule has 0 atom stereocenters. The van der Waals surface area contributed by atoms with Crippen molar-refractivity contribution in [2.75, 3.05) is 20.1 Å². The van der Waals surface area contributed by atoms with Gasteiger partial charge in [-0.2, -0.15) is 4.31 Å². The first kappa shape index (κ1) is 17.5. The Morgan fingerprint density at radius 1 is 1.45 bits per heavy atom. The second-order valence-corrected chi connectivity index (χ2v) is 7.93. The lowest BCUT2D eigenvalue weighted by Crippen LogP contribution is -2.30. The number of alkyl halides is 2. The average molecular weight is 326 g/mol. The quantitative estimate of drug-likeness (QED) is 0.747. The standard InChI is InChI=1S/C12H20F2N2O2S2/c1-4-5-15-7-10-9(2)6-12(19-10)20(17,18)16(3)8-11(13)14/h6,11,15H,4-5,7-8H2,1-3H3. The summed E-state index contributed by atoms with van der Waals surface area (Å²) < 4.78 is 49.7. The maximum absolute atomic E-state index is 12.3. The van der Waals surface area contributed by atoms with Crippen molar-refractivity contribution in [1.82, 2.24) is 9.62 Å². The van der Waals surface area contributed by atoms with Gasteiger partial charge < -0.3 is 5.32 Å². The molecule has 0 fully saturated rings. The molecular formula is C12H20F2N2O2S2. The highest BCUT2D eigenvalue weighted by atomic mass is 32.2. The van der Waals surface area contributed by atoms with Crippen LogP contribution in [0.3, 0.4) is 0 Å². The molecule has 0 amide bonds. The molecule has 1 heterocycles. The molecule has 1 aromatic rings. The van der Waals surface area contributed by atoms with Crippen LogP contribution in [0.25, 0.3) is 0 Å². The maximum Gasteiger partial charge on any atom is 0.252 e. The molecule has 0 aliphatic carbocycles. The Hall–Kier alpha value is -0.570. The molecule has 1 rings (SSSR count). The van der Waals surface area contributed by atoms with Gasteiger partial charge in [-0.15, -0.1) is 11.3 Å². The van der Waals surface area contributed by atoms with E-state index in [1.54, 1.807) is 6.07 Å². The van der Waals surface area contributed by atoms with E-state index in [4.69, 9.17) is 0 Å². The zero-order valence-electron chi connectivity index (χ0n) is 11.8. The predicted molar refractivity (Wildman–Crippen MR) is 76.9 cm³/mol. The van der Waals surface area contributed by atoms with Gasteiger partial charge in [0.1, 0.15) is 4.21 Å². The fourth-order valence-corrected chi connectivity index (χ4v) is 4.54. The number of sulfonamides is 1. The van der Waals surface area contributed by atoms with Crippen LogP contribution in [-0.2, 0) is 16.6 Å². The molecule has 0 bridgehead atoms. The van der Waals surface area contributed by atoms with E-state index < -0.39 is 23.0 Å². The zero-order chi connectivity index (χ0) is 15.3. The number of hydrogen-bond acceptors (Lipinski definition) is 4. The lowest BCUT2D eigenvalue weighted by molar-refractivity contribution is 0.126. The first-order chi connectivity index (χ1) is 9.28. The lowest BCUT2D eigenvalue weighted by Gasteiger charge is -2.14. The summed E-state index contributed by atoms with van der Waals surface area (Å²) in [4.78, 5) is 0.919. The molecular weight excluding hydrogens is 306 g/mol. The molecule has 0 aromatic carbocycles. The van der Waals surface area contributed by atoms with Crippen molar-refractivity contribution in [1.29, 1.82) is 0 Å². The summed E-state index contributed by atoms with van der Waals surface area (Å²) in [5.41, 5.74) is 0.864. The van der Waals surface area contributed by atoms with Crippen molar-refractivity contribution >= 4 is 21.4 Å². The van der Waals surface area contributed by atoms with Gasteiger partial charge in [0.15, 0.2) is 0 Å². The third kappa shape index (κ3) is 4.47. The summed E-state index contributed by atoms with van der Waals surface area (Å²) >= 11 is 1.14. The largest absolute Gasteiger partial charge is 0.312 e. The Morgan fingerprint density at radius 3 is 2.65 bits per heavy atom. The van der Waals surface area contributed by atoms with E-state index in [2.05, 4.69) is 5.32 Å². The van der Waals surface area contributed by atoms with E-state index in [0.717, 1.165) is 34.7 Å². The number of thiophene rings is 1. The summed E-state index contributed by atoms with van der Waals surface area (Å²) in [6.45, 7) is 4.53. The van der Waals surface area contributed by atoms with E-state index in [0.29, 0.717) is 10.8 Å². The molecule has 0 aliphatic rings. The summed E-state index contributed by atoms with van der Waals surface area (Å²) in [5, 5.41) is 3.20. The highest BCUT2D eigenvalue weighted by Gasteiger charge is 2.26. The van der Waals surface area contributed by atoms with Crippen LogP contribution in [-0.4, -0.2) is 39.3 Å². The average Bonchev–Trinajstić information content (AvgIpc) is 2.71. The number of aryl methyl sites for hydroxylation is 1. The van der Waals surface area contributed by atoms with Crippen molar-refractivity contribution in [2.45, 2.75) is 37.4 Å². The highest BCUT2D eigenvalue weighted by molar-refractivity contribution is 7.91. The second-order valence-electron chi connectivity index (χ2n) is 4.53. The van der Waals surface area contributed by atoms with Gasteiger partial charge in [0.2, 0.25) is 0 Å². The van der Waals surface area contributed by atoms with Gasteiger partial charge in [-0.25, -0.2) is 17.2 Å². The van der Waals surface area contributed by atoms with Crippen LogP contribution in [0.5, 0.6) is 0 Å². The van der Waals surface area contributed by atoms with Gasteiger partial charge in [0.05, 0.1) is 6.54 Å². The van der Waals surface area contributed by atoms with E-state index in [9.17, 15) is 17.2 Å². The molecule has 0 saturated heterocycles. The van der Waals surface area contributed by atoms with Gasteiger partial charge >= 0.3 is 0 Å². The van der Waals surface area contributed by atoms with Crippen LogP contribution >= 0.6 is 11.3 Å². The predicted octanol–water partition coefficient (Wildman–Crippen LogP) is 2.44. The van der Waals surface area contributed by atoms with Crippen LogP contribution in [0.15, 0.2) is 10.3 Å². The van der Waals surface area contributed by atoms with Gasteiger partial charge in [-0.3, -0.25) is 0 Å². The first-order valence-electron chi connectivity index (χ1n) is 6.33. The summed E-state index contributed by atoms with van der Waals surface area (Å²) in [5.74, 6) is 0. The maximum atomic E-state index is 12.3. The van der Waals surface area contributed by atoms with E-state index in [1.165, 1.54) is 7.05 Å². The van der Waals surface area contributed by atoms with E-state index in [1.807, 2.05) is 13.8 Å². The second kappa shape index (κ2) is 7.44. The summed E-state index contributed by atoms with van der Waals surface area (Å²) in [6, 6.07) is 1.55. The van der Waals surface area contributed by atoms with Crippen LogP contribution in [0.2, 0.25) is 0 Å². The molecule has 0 saturated carbocycles. The number of hydrogen-bond donors (Lipinski definition) is 1. The van der Waals surface area contributed by atoms with Gasteiger partial charge in [-0.1, -0.05) is 6.92 Å². The van der Waals surface area contributed by atoms with Crippen molar-refractivity contribution in [3.63, 3.8) is 0 Å². The lowest BCUT2D eigenvalue weighted by atomic mass is 10.3. The monoisotopic (exact) mass is 326 g/mol. The SMILES string of the molecule is CCCNCc1sc(S(=O)(=O)N(C)CC(F)F)cc1C. The smallest absolute Gasteiger partial charge is 0.252 e. The minimum Gasteiger partial charge on any atom is -0.312 e. The Bertz CT molecular complexity index is 530. The third-order valence-electron chi connectivity index (χ3n) is 2.77. The molecule has 20 heavy (non-hydrogen) atoms.